The van der Waals surface area contributed by atoms with Crippen molar-refractivity contribution in [2.45, 2.75) is 18.7 Å². The molecule has 1 aromatic heterocycles. The molecule has 0 bridgehead atoms. The van der Waals surface area contributed by atoms with Crippen molar-refractivity contribution in [3.63, 3.8) is 0 Å². The maximum absolute atomic E-state index is 13.3. The van der Waals surface area contributed by atoms with Gasteiger partial charge in [0.2, 0.25) is 15.9 Å². The fourth-order valence-corrected chi connectivity index (χ4v) is 3.85. The molecule has 0 aliphatic carbocycles. The van der Waals surface area contributed by atoms with E-state index in [1.807, 2.05) is 0 Å². The van der Waals surface area contributed by atoms with Crippen LogP contribution in [-0.4, -0.2) is 57.8 Å². The highest BCUT2D eigenvalue weighted by molar-refractivity contribution is 7.89. The van der Waals surface area contributed by atoms with Crippen molar-refractivity contribution in [1.29, 1.82) is 0 Å². The zero-order valence-electron chi connectivity index (χ0n) is 15.8. The summed E-state index contributed by atoms with van der Waals surface area (Å²) in [7, 11) is -3.74. The molecule has 2 aromatic rings. The van der Waals surface area contributed by atoms with Gasteiger partial charge < -0.3 is 14.4 Å². The Hall–Kier alpha value is -2.30. The molecule has 1 aliphatic rings. The first-order chi connectivity index (χ1) is 13.3. The number of sulfonamides is 1. The first-order valence-corrected chi connectivity index (χ1v) is 10.4. The highest BCUT2D eigenvalue weighted by Crippen LogP contribution is 2.19. The number of halogens is 1. The average Bonchev–Trinajstić information content (AvgIpc) is 2.67. The van der Waals surface area contributed by atoms with Crippen LogP contribution in [0.2, 0.25) is 0 Å². The summed E-state index contributed by atoms with van der Waals surface area (Å²) in [4.78, 5) is 10.7. The summed E-state index contributed by atoms with van der Waals surface area (Å²) in [6.45, 7) is 6.21. The molecule has 152 valence electrons. The lowest BCUT2D eigenvalue weighted by Crippen LogP contribution is -2.37. The molecule has 1 fully saturated rings. The van der Waals surface area contributed by atoms with Crippen molar-refractivity contribution in [2.24, 2.45) is 0 Å². The van der Waals surface area contributed by atoms with Gasteiger partial charge in [-0.3, -0.25) is 0 Å². The van der Waals surface area contributed by atoms with E-state index in [1.54, 1.807) is 13.0 Å². The molecule has 10 heteroatoms. The Balaban J connectivity index is 1.57. The molecule has 0 spiro atoms. The van der Waals surface area contributed by atoms with E-state index in [1.165, 1.54) is 19.1 Å². The largest absolute Gasteiger partial charge is 0.476 e. The van der Waals surface area contributed by atoms with Crippen molar-refractivity contribution in [1.82, 2.24) is 14.7 Å². The van der Waals surface area contributed by atoms with Gasteiger partial charge in [-0.15, -0.1) is 0 Å². The Morgan fingerprint density at radius 3 is 2.68 bits per heavy atom. The van der Waals surface area contributed by atoms with Gasteiger partial charge in [0.25, 0.3) is 0 Å². The van der Waals surface area contributed by atoms with Crippen molar-refractivity contribution >= 4 is 15.8 Å². The monoisotopic (exact) mass is 410 g/mol. The highest BCUT2D eigenvalue weighted by atomic mass is 32.2. The second-order valence-corrected chi connectivity index (χ2v) is 8.14. The lowest BCUT2D eigenvalue weighted by atomic mass is 10.2. The van der Waals surface area contributed by atoms with Crippen molar-refractivity contribution in [3.05, 3.63) is 41.5 Å². The number of hydrogen-bond donors (Lipinski definition) is 1. The van der Waals surface area contributed by atoms with E-state index >= 15 is 0 Å². The number of anilines is 1. The molecule has 1 aromatic carbocycles. The Kier molecular flexibility index (Phi) is 6.42. The number of rotatable bonds is 7. The summed E-state index contributed by atoms with van der Waals surface area (Å²) in [6, 6.07) is 5.39. The van der Waals surface area contributed by atoms with Gasteiger partial charge in [-0.1, -0.05) is 0 Å². The Morgan fingerprint density at radius 2 is 1.96 bits per heavy atom. The SMILES string of the molecule is Cc1nc(OCCNS(=O)(=O)c2ccc(F)c(C)c2)cc(N2CCOCC2)n1. The van der Waals surface area contributed by atoms with Gasteiger partial charge in [0, 0.05) is 25.7 Å². The summed E-state index contributed by atoms with van der Waals surface area (Å²) in [6.07, 6.45) is 0. The Morgan fingerprint density at radius 1 is 1.21 bits per heavy atom. The van der Waals surface area contributed by atoms with Crippen LogP contribution in [0.15, 0.2) is 29.2 Å². The zero-order chi connectivity index (χ0) is 20.1. The molecule has 28 heavy (non-hydrogen) atoms. The van der Waals surface area contributed by atoms with Crippen LogP contribution in [0, 0.1) is 19.7 Å². The van der Waals surface area contributed by atoms with Crippen LogP contribution in [0.4, 0.5) is 10.2 Å². The van der Waals surface area contributed by atoms with Crippen LogP contribution in [0.1, 0.15) is 11.4 Å². The van der Waals surface area contributed by atoms with Gasteiger partial charge in [0.05, 0.1) is 18.1 Å². The molecule has 0 amide bonds. The predicted molar refractivity (Wildman–Crippen MR) is 102 cm³/mol. The average molecular weight is 410 g/mol. The normalized spacial score (nSPS) is 14.9. The van der Waals surface area contributed by atoms with E-state index in [0.717, 1.165) is 25.0 Å². The molecule has 3 rings (SSSR count). The van der Waals surface area contributed by atoms with E-state index in [0.29, 0.717) is 24.9 Å². The topological polar surface area (TPSA) is 93.6 Å². The number of aromatic nitrogens is 2. The number of nitrogens with one attached hydrogen (secondary N) is 1. The molecule has 2 heterocycles. The van der Waals surface area contributed by atoms with E-state index < -0.39 is 15.8 Å². The van der Waals surface area contributed by atoms with E-state index in [4.69, 9.17) is 9.47 Å². The molecule has 0 unspecified atom stereocenters. The smallest absolute Gasteiger partial charge is 0.240 e. The lowest BCUT2D eigenvalue weighted by Gasteiger charge is -2.28. The van der Waals surface area contributed by atoms with E-state index in [9.17, 15) is 12.8 Å². The van der Waals surface area contributed by atoms with Crippen molar-refractivity contribution in [3.8, 4) is 5.88 Å². The van der Waals surface area contributed by atoms with Crippen LogP contribution in [0.25, 0.3) is 0 Å². The number of benzene rings is 1. The van der Waals surface area contributed by atoms with Gasteiger partial charge in [-0.2, -0.15) is 4.98 Å². The maximum Gasteiger partial charge on any atom is 0.240 e. The summed E-state index contributed by atoms with van der Waals surface area (Å²) < 4.78 is 51.3. The van der Waals surface area contributed by atoms with Crippen LogP contribution >= 0.6 is 0 Å². The third kappa shape index (κ3) is 5.15. The second-order valence-electron chi connectivity index (χ2n) is 6.37. The van der Waals surface area contributed by atoms with Crippen molar-refractivity contribution in [2.75, 3.05) is 44.4 Å². The van der Waals surface area contributed by atoms with Gasteiger partial charge in [-0.25, -0.2) is 22.5 Å². The maximum atomic E-state index is 13.3. The standard InChI is InChI=1S/C18H23FN4O4S/c1-13-11-15(3-4-16(13)19)28(24,25)20-5-8-27-18-12-17(21-14(2)22-18)23-6-9-26-10-7-23/h3-4,11-12,20H,5-10H2,1-2H3. The Bertz CT molecular complexity index is 933. The minimum Gasteiger partial charge on any atom is -0.476 e. The minimum absolute atomic E-state index is 0.0129. The first-order valence-electron chi connectivity index (χ1n) is 8.92. The van der Waals surface area contributed by atoms with Crippen LogP contribution in [-0.2, 0) is 14.8 Å². The fourth-order valence-electron chi connectivity index (χ4n) is 2.75. The zero-order valence-corrected chi connectivity index (χ0v) is 16.6. The summed E-state index contributed by atoms with van der Waals surface area (Å²) in [5.74, 6) is 1.26. The van der Waals surface area contributed by atoms with Gasteiger partial charge >= 0.3 is 0 Å². The molecule has 0 radical (unpaired) electrons. The highest BCUT2D eigenvalue weighted by Gasteiger charge is 2.16. The quantitative estimate of drug-likeness (QED) is 0.690. The summed E-state index contributed by atoms with van der Waals surface area (Å²) in [5, 5.41) is 0. The van der Waals surface area contributed by atoms with Crippen LogP contribution < -0.4 is 14.4 Å². The third-order valence-electron chi connectivity index (χ3n) is 4.22. The lowest BCUT2D eigenvalue weighted by molar-refractivity contribution is 0.122. The number of aryl methyl sites for hydroxylation is 2. The molecule has 8 nitrogen and oxygen atoms in total. The first kappa shape index (κ1) is 20.4. The summed E-state index contributed by atoms with van der Waals surface area (Å²) >= 11 is 0. The molecule has 1 N–H and O–H groups in total. The van der Waals surface area contributed by atoms with Crippen LogP contribution in [0.5, 0.6) is 5.88 Å². The molecular formula is C18H23FN4O4S. The molecular weight excluding hydrogens is 387 g/mol. The Labute approximate surface area is 163 Å². The van der Waals surface area contributed by atoms with Gasteiger partial charge in [0.1, 0.15) is 24.1 Å². The molecule has 1 saturated heterocycles. The fraction of sp³-hybridized carbons (Fsp3) is 0.444. The summed E-state index contributed by atoms with van der Waals surface area (Å²) in [5.41, 5.74) is 0.270. The molecule has 1 aliphatic heterocycles. The number of morpholine rings is 1. The van der Waals surface area contributed by atoms with Crippen molar-refractivity contribution < 1.29 is 22.3 Å². The van der Waals surface area contributed by atoms with E-state index in [2.05, 4.69) is 19.6 Å². The number of ether oxygens (including phenoxy) is 2. The number of nitrogens with zero attached hydrogens (tertiary/aromatic N) is 3. The number of hydrogen-bond acceptors (Lipinski definition) is 7. The second kappa shape index (κ2) is 8.80. The molecule has 0 atom stereocenters. The van der Waals surface area contributed by atoms with Gasteiger partial charge in [0.15, 0.2) is 0 Å². The van der Waals surface area contributed by atoms with Crippen LogP contribution in [0.3, 0.4) is 0 Å². The van der Waals surface area contributed by atoms with E-state index in [-0.39, 0.29) is 23.6 Å². The predicted octanol–water partition coefficient (Wildman–Crippen LogP) is 1.43. The van der Waals surface area contributed by atoms with Gasteiger partial charge in [-0.05, 0) is 37.6 Å². The third-order valence-corrected chi connectivity index (χ3v) is 5.68. The molecule has 0 saturated carbocycles. The minimum atomic E-state index is -3.74.